The Hall–Kier alpha value is 0.290. The predicted molar refractivity (Wildman–Crippen MR) is 44.4 cm³/mol. The molecule has 0 aliphatic carbocycles. The van der Waals surface area contributed by atoms with Crippen molar-refractivity contribution in [2.45, 2.75) is 11.3 Å². The Morgan fingerprint density at radius 1 is 1.38 bits per heavy atom. The van der Waals surface area contributed by atoms with Crippen molar-refractivity contribution in [1.29, 1.82) is 0 Å². The molecule has 0 heterocycles. The van der Waals surface area contributed by atoms with Gasteiger partial charge in [-0.3, -0.25) is 4.21 Å². The Balaban J connectivity index is 0.00000144. The maximum Gasteiger partial charge on any atom is 1.00 e. The van der Waals surface area contributed by atoms with Crippen LogP contribution in [-0.2, 0) is 17.5 Å². The van der Waals surface area contributed by atoms with Gasteiger partial charge >= 0.3 is 29.6 Å². The van der Waals surface area contributed by atoms with Crippen LogP contribution in [0.5, 0.6) is 0 Å². The third-order valence-corrected chi connectivity index (χ3v) is 2.29. The molecule has 0 fully saturated rings. The first kappa shape index (κ1) is 13.3. The summed E-state index contributed by atoms with van der Waals surface area (Å²) in [6.45, 7) is -0.0335. The zero-order valence-corrected chi connectivity index (χ0v) is 10.2. The van der Waals surface area contributed by atoms with Crippen LogP contribution in [0.15, 0.2) is 29.2 Å². The molecule has 0 saturated carbocycles. The van der Waals surface area contributed by atoms with Gasteiger partial charge in [-0.25, -0.2) is 0 Å². The molecule has 0 spiro atoms. The Labute approximate surface area is 102 Å². The van der Waals surface area contributed by atoms with Crippen LogP contribution in [0.3, 0.4) is 0 Å². The summed E-state index contributed by atoms with van der Waals surface area (Å²) < 4.78 is 21.2. The molecular weight excluding hydrogens is 199 g/mol. The second-order valence-corrected chi connectivity index (χ2v) is 3.23. The zero-order valence-electron chi connectivity index (χ0n) is 7.40. The summed E-state index contributed by atoms with van der Waals surface area (Å²) in [5.41, 5.74) is 0.660. The molecule has 0 saturated heterocycles. The third-order valence-electron chi connectivity index (χ3n) is 1.53. The summed E-state index contributed by atoms with van der Waals surface area (Å²) in [6, 6.07) is 6.63. The minimum atomic E-state index is -2.20. The van der Waals surface area contributed by atoms with E-state index in [4.69, 9.17) is 5.11 Å². The first-order chi connectivity index (χ1) is 5.75. The molecule has 66 valence electrons. The van der Waals surface area contributed by atoms with Gasteiger partial charge in [-0.1, -0.05) is 18.2 Å². The molecule has 0 amide bonds. The standard InChI is InChI=1S/C8H10O3S.Na/c9-6-5-7-3-1-2-4-8(7)12(10)11;/h1-4,9H,5-6H2,(H,10,11);/q;+1/p-1. The summed E-state index contributed by atoms with van der Waals surface area (Å²) in [6.07, 6.45) is 0.379. The molecule has 1 aromatic carbocycles. The molecule has 3 nitrogen and oxygen atoms in total. The van der Waals surface area contributed by atoms with Gasteiger partial charge in [0.25, 0.3) is 0 Å². The molecular formula is C8H9NaO3S. The minimum Gasteiger partial charge on any atom is -0.768 e. The van der Waals surface area contributed by atoms with E-state index in [0.717, 1.165) is 0 Å². The number of benzene rings is 1. The van der Waals surface area contributed by atoms with Crippen molar-refractivity contribution in [2.75, 3.05) is 6.61 Å². The number of hydrogen-bond acceptors (Lipinski definition) is 3. The molecule has 1 atom stereocenters. The maximum atomic E-state index is 10.6. The van der Waals surface area contributed by atoms with E-state index in [9.17, 15) is 8.76 Å². The van der Waals surface area contributed by atoms with Crippen LogP contribution in [0.2, 0.25) is 0 Å². The fraction of sp³-hybridized carbons (Fsp3) is 0.250. The second-order valence-electron chi connectivity index (χ2n) is 2.32. The molecule has 0 aliphatic heterocycles. The monoisotopic (exact) mass is 208 g/mol. The van der Waals surface area contributed by atoms with Crippen molar-refractivity contribution >= 4 is 11.1 Å². The van der Waals surface area contributed by atoms with Crippen molar-refractivity contribution < 1.29 is 43.4 Å². The largest absolute Gasteiger partial charge is 1.00 e. The van der Waals surface area contributed by atoms with E-state index in [-0.39, 0.29) is 41.1 Å². The van der Waals surface area contributed by atoms with Crippen LogP contribution >= 0.6 is 0 Å². The Morgan fingerprint density at radius 2 is 2.00 bits per heavy atom. The van der Waals surface area contributed by atoms with Gasteiger partial charge in [0, 0.05) is 11.5 Å². The SMILES string of the molecule is O=S([O-])c1ccccc1CCO.[Na+]. The zero-order chi connectivity index (χ0) is 8.97. The van der Waals surface area contributed by atoms with Gasteiger partial charge in [-0.05, 0) is 29.1 Å². The van der Waals surface area contributed by atoms with E-state index in [0.29, 0.717) is 12.0 Å². The van der Waals surface area contributed by atoms with Crippen LogP contribution < -0.4 is 29.6 Å². The fourth-order valence-electron chi connectivity index (χ4n) is 0.993. The van der Waals surface area contributed by atoms with Gasteiger partial charge in [0.15, 0.2) is 0 Å². The van der Waals surface area contributed by atoms with E-state index >= 15 is 0 Å². The maximum absolute atomic E-state index is 10.6. The quantitative estimate of drug-likeness (QED) is 0.440. The molecule has 5 heteroatoms. The topological polar surface area (TPSA) is 60.4 Å². The van der Waals surface area contributed by atoms with Crippen molar-refractivity contribution in [3.05, 3.63) is 29.8 Å². The smallest absolute Gasteiger partial charge is 0.768 e. The van der Waals surface area contributed by atoms with E-state index in [1.165, 1.54) is 6.07 Å². The van der Waals surface area contributed by atoms with Gasteiger partial charge in [0.2, 0.25) is 0 Å². The number of hydrogen-bond donors (Lipinski definition) is 1. The van der Waals surface area contributed by atoms with E-state index < -0.39 is 11.1 Å². The van der Waals surface area contributed by atoms with Crippen LogP contribution in [-0.4, -0.2) is 20.5 Å². The van der Waals surface area contributed by atoms with Crippen LogP contribution in [0.4, 0.5) is 0 Å². The average Bonchev–Trinajstić information content (AvgIpc) is 2.05. The van der Waals surface area contributed by atoms with Crippen molar-refractivity contribution in [3.63, 3.8) is 0 Å². The van der Waals surface area contributed by atoms with Crippen LogP contribution in [0.25, 0.3) is 0 Å². The summed E-state index contributed by atoms with van der Waals surface area (Å²) in [4.78, 5) is 0.270. The normalized spacial score (nSPS) is 11.8. The van der Waals surface area contributed by atoms with Gasteiger partial charge in [0.05, 0.1) is 0 Å². The minimum absolute atomic E-state index is 0. The third kappa shape index (κ3) is 3.89. The number of aliphatic hydroxyl groups excluding tert-OH is 1. The molecule has 0 bridgehead atoms. The van der Waals surface area contributed by atoms with Crippen molar-refractivity contribution in [3.8, 4) is 0 Å². The number of aliphatic hydroxyl groups is 1. The van der Waals surface area contributed by atoms with Crippen molar-refractivity contribution in [1.82, 2.24) is 0 Å². The molecule has 1 rings (SSSR count). The Bertz CT molecular complexity index is 290. The summed E-state index contributed by atoms with van der Waals surface area (Å²) in [5, 5.41) is 8.62. The summed E-state index contributed by atoms with van der Waals surface area (Å²) >= 11 is -2.20. The van der Waals surface area contributed by atoms with Crippen LogP contribution in [0.1, 0.15) is 5.56 Å². The van der Waals surface area contributed by atoms with Gasteiger partial charge < -0.3 is 9.66 Å². The summed E-state index contributed by atoms with van der Waals surface area (Å²) in [5.74, 6) is 0. The molecule has 0 radical (unpaired) electrons. The van der Waals surface area contributed by atoms with Gasteiger partial charge in [-0.2, -0.15) is 0 Å². The van der Waals surface area contributed by atoms with E-state index in [1.54, 1.807) is 18.2 Å². The predicted octanol–water partition coefficient (Wildman–Crippen LogP) is -2.54. The Morgan fingerprint density at radius 3 is 2.54 bits per heavy atom. The number of rotatable bonds is 3. The molecule has 1 aromatic rings. The van der Waals surface area contributed by atoms with Crippen molar-refractivity contribution in [2.24, 2.45) is 0 Å². The van der Waals surface area contributed by atoms with Gasteiger partial charge in [-0.15, -0.1) is 0 Å². The average molecular weight is 208 g/mol. The second kappa shape index (κ2) is 6.70. The first-order valence-electron chi connectivity index (χ1n) is 3.53. The Kier molecular flexibility index (Phi) is 6.85. The first-order valence-corrected chi connectivity index (χ1v) is 4.61. The molecule has 0 aromatic heterocycles. The molecule has 1 unspecified atom stereocenters. The molecule has 1 N–H and O–H groups in total. The molecule has 0 aliphatic rings. The van der Waals surface area contributed by atoms with E-state index in [1.807, 2.05) is 0 Å². The summed E-state index contributed by atoms with van der Waals surface area (Å²) in [7, 11) is 0. The van der Waals surface area contributed by atoms with Gasteiger partial charge in [0.1, 0.15) is 0 Å². The molecule has 13 heavy (non-hydrogen) atoms. The van der Waals surface area contributed by atoms with Crippen LogP contribution in [0, 0.1) is 0 Å². The fourth-order valence-corrected chi connectivity index (χ4v) is 1.57. The van der Waals surface area contributed by atoms with E-state index in [2.05, 4.69) is 0 Å².